The number of rotatable bonds is 5. The maximum Gasteiger partial charge on any atom is 0.322 e. The van der Waals surface area contributed by atoms with E-state index in [0.717, 1.165) is 16.3 Å². The van der Waals surface area contributed by atoms with Gasteiger partial charge in [-0.05, 0) is 41.6 Å². The molecule has 1 atom stereocenters. The van der Waals surface area contributed by atoms with Crippen LogP contribution in [0.25, 0.3) is 10.8 Å². The molecule has 0 saturated heterocycles. The molecule has 6 heteroatoms. The van der Waals surface area contributed by atoms with Crippen LogP contribution in [-0.2, 0) is 16.0 Å². The van der Waals surface area contributed by atoms with Crippen molar-refractivity contribution in [1.29, 1.82) is 0 Å². The molecule has 0 amide bonds. The highest BCUT2D eigenvalue weighted by molar-refractivity contribution is 5.85. The lowest BCUT2D eigenvalue weighted by atomic mass is 10.1. The minimum Gasteiger partial charge on any atom is -0.468 e. The van der Waals surface area contributed by atoms with Crippen molar-refractivity contribution in [3.05, 3.63) is 60.6 Å². The number of hydrogen-bond donors (Lipinski definition) is 1. The van der Waals surface area contributed by atoms with Gasteiger partial charge in [0.2, 0.25) is 5.88 Å². The number of hydrogen-bond acceptors (Lipinski definition) is 6. The van der Waals surface area contributed by atoms with Crippen molar-refractivity contribution < 1.29 is 14.3 Å². The highest BCUT2D eigenvalue weighted by Gasteiger charge is 2.14. The van der Waals surface area contributed by atoms with Crippen LogP contribution in [0.5, 0.6) is 11.6 Å². The third-order valence-corrected chi connectivity index (χ3v) is 3.63. The first-order valence-electron chi connectivity index (χ1n) is 7.46. The molecular weight excluding hydrogens is 306 g/mol. The van der Waals surface area contributed by atoms with E-state index in [0.29, 0.717) is 18.1 Å². The Morgan fingerprint density at radius 2 is 1.92 bits per heavy atom. The number of benzene rings is 1. The van der Waals surface area contributed by atoms with Crippen LogP contribution in [-0.4, -0.2) is 29.1 Å². The van der Waals surface area contributed by atoms with Gasteiger partial charge in [0.1, 0.15) is 11.8 Å². The van der Waals surface area contributed by atoms with Gasteiger partial charge in [0.15, 0.2) is 0 Å². The van der Waals surface area contributed by atoms with E-state index in [1.54, 1.807) is 18.6 Å². The maximum atomic E-state index is 11.4. The predicted octanol–water partition coefficient (Wildman–Crippen LogP) is 2.46. The number of fused-ring (bicyclic) bond motifs is 1. The molecule has 0 radical (unpaired) electrons. The Balaban J connectivity index is 1.75. The summed E-state index contributed by atoms with van der Waals surface area (Å²) in [4.78, 5) is 19.7. The summed E-state index contributed by atoms with van der Waals surface area (Å²) in [6.45, 7) is 0. The van der Waals surface area contributed by atoms with Gasteiger partial charge in [0.05, 0.1) is 12.5 Å². The Morgan fingerprint density at radius 1 is 1.17 bits per heavy atom. The first-order valence-corrected chi connectivity index (χ1v) is 7.46. The Kier molecular flexibility index (Phi) is 4.67. The summed E-state index contributed by atoms with van der Waals surface area (Å²) in [5.74, 6) is 0.719. The normalized spacial score (nSPS) is 11.9. The zero-order valence-corrected chi connectivity index (χ0v) is 13.2. The number of nitrogens with two attached hydrogens (primary N) is 1. The van der Waals surface area contributed by atoms with Crippen LogP contribution in [0.15, 0.2) is 55.0 Å². The van der Waals surface area contributed by atoms with E-state index in [1.165, 1.54) is 7.11 Å². The average molecular weight is 323 g/mol. The van der Waals surface area contributed by atoms with Crippen LogP contribution in [0.3, 0.4) is 0 Å². The molecule has 6 nitrogen and oxygen atoms in total. The number of esters is 1. The molecule has 0 spiro atoms. The SMILES string of the molecule is COC(=O)[C@@H](N)Cc1ccc(Oc2nccc3ccncc23)cc1. The standard InChI is InChI=1S/C18H17N3O3/c1-23-18(22)16(19)10-12-2-4-14(5-3-12)24-17-15-11-20-8-6-13(15)7-9-21-17/h2-9,11,16H,10,19H2,1H3/t16-/m0/s1. The van der Waals surface area contributed by atoms with Gasteiger partial charge in [-0.25, -0.2) is 4.98 Å². The molecule has 24 heavy (non-hydrogen) atoms. The number of carbonyl (C=O) groups is 1. The first-order chi connectivity index (χ1) is 11.7. The van der Waals surface area contributed by atoms with Gasteiger partial charge >= 0.3 is 5.97 Å². The maximum absolute atomic E-state index is 11.4. The van der Waals surface area contributed by atoms with E-state index in [1.807, 2.05) is 36.4 Å². The number of carbonyl (C=O) groups excluding carboxylic acids is 1. The van der Waals surface area contributed by atoms with E-state index in [9.17, 15) is 4.79 Å². The quantitative estimate of drug-likeness (QED) is 0.726. The van der Waals surface area contributed by atoms with Crippen LogP contribution in [0.1, 0.15) is 5.56 Å². The van der Waals surface area contributed by atoms with Crippen molar-refractivity contribution in [3.8, 4) is 11.6 Å². The minimum absolute atomic E-state index is 0.406. The van der Waals surface area contributed by atoms with Crippen LogP contribution < -0.4 is 10.5 Å². The second-order valence-corrected chi connectivity index (χ2v) is 5.29. The van der Waals surface area contributed by atoms with Crippen molar-refractivity contribution in [3.63, 3.8) is 0 Å². The summed E-state index contributed by atoms with van der Waals surface area (Å²) in [5, 5.41) is 1.85. The molecule has 0 saturated carbocycles. The zero-order chi connectivity index (χ0) is 16.9. The zero-order valence-electron chi connectivity index (χ0n) is 13.2. The number of nitrogens with zero attached hydrogens (tertiary/aromatic N) is 2. The molecule has 0 aliphatic heterocycles. The minimum atomic E-state index is -0.674. The number of pyridine rings is 2. The lowest BCUT2D eigenvalue weighted by Gasteiger charge is -2.10. The van der Waals surface area contributed by atoms with Gasteiger partial charge in [0, 0.05) is 18.6 Å². The third-order valence-electron chi connectivity index (χ3n) is 3.63. The molecular formula is C18H17N3O3. The Labute approximate surface area is 139 Å². The molecule has 0 bridgehead atoms. The molecule has 0 fully saturated rings. The van der Waals surface area contributed by atoms with E-state index in [2.05, 4.69) is 14.7 Å². The molecule has 2 heterocycles. The summed E-state index contributed by atoms with van der Waals surface area (Å²) in [6, 6.07) is 10.5. The summed E-state index contributed by atoms with van der Waals surface area (Å²) in [7, 11) is 1.32. The van der Waals surface area contributed by atoms with Crippen molar-refractivity contribution in [2.24, 2.45) is 5.73 Å². The molecule has 2 N–H and O–H groups in total. The second kappa shape index (κ2) is 7.06. The van der Waals surface area contributed by atoms with Crippen LogP contribution >= 0.6 is 0 Å². The topological polar surface area (TPSA) is 87.3 Å². The highest BCUT2D eigenvalue weighted by Crippen LogP contribution is 2.27. The van der Waals surface area contributed by atoms with E-state index >= 15 is 0 Å². The van der Waals surface area contributed by atoms with Crippen molar-refractivity contribution in [2.75, 3.05) is 7.11 Å². The molecule has 3 rings (SSSR count). The van der Waals surface area contributed by atoms with Gasteiger partial charge in [-0.3, -0.25) is 9.78 Å². The Hall–Kier alpha value is -2.99. The van der Waals surface area contributed by atoms with Gasteiger partial charge in [-0.1, -0.05) is 12.1 Å². The summed E-state index contributed by atoms with van der Waals surface area (Å²) < 4.78 is 10.5. The smallest absolute Gasteiger partial charge is 0.322 e. The molecule has 0 unspecified atom stereocenters. The Morgan fingerprint density at radius 3 is 2.67 bits per heavy atom. The largest absolute Gasteiger partial charge is 0.468 e. The second-order valence-electron chi connectivity index (χ2n) is 5.29. The molecule has 1 aromatic carbocycles. The number of aromatic nitrogens is 2. The number of ether oxygens (including phenoxy) is 2. The fraction of sp³-hybridized carbons (Fsp3) is 0.167. The van der Waals surface area contributed by atoms with Crippen LogP contribution in [0.4, 0.5) is 0 Å². The fourth-order valence-electron chi connectivity index (χ4n) is 2.36. The summed E-state index contributed by atoms with van der Waals surface area (Å²) in [5.41, 5.74) is 6.68. The number of methoxy groups -OCH3 is 1. The average Bonchev–Trinajstić information content (AvgIpc) is 2.63. The van der Waals surface area contributed by atoms with Crippen LogP contribution in [0.2, 0.25) is 0 Å². The third kappa shape index (κ3) is 3.49. The van der Waals surface area contributed by atoms with Crippen molar-refractivity contribution >= 4 is 16.7 Å². The van der Waals surface area contributed by atoms with Gasteiger partial charge in [-0.15, -0.1) is 0 Å². The molecule has 0 aliphatic rings. The molecule has 2 aromatic heterocycles. The van der Waals surface area contributed by atoms with E-state index in [-0.39, 0.29) is 0 Å². The van der Waals surface area contributed by atoms with E-state index in [4.69, 9.17) is 10.5 Å². The molecule has 0 aliphatic carbocycles. The highest BCUT2D eigenvalue weighted by atomic mass is 16.5. The monoisotopic (exact) mass is 323 g/mol. The van der Waals surface area contributed by atoms with E-state index < -0.39 is 12.0 Å². The predicted molar refractivity (Wildman–Crippen MR) is 89.7 cm³/mol. The molecule has 122 valence electrons. The first kappa shape index (κ1) is 15.9. The van der Waals surface area contributed by atoms with Crippen molar-refractivity contribution in [2.45, 2.75) is 12.5 Å². The Bertz CT molecular complexity index is 844. The van der Waals surface area contributed by atoms with Gasteiger partial charge < -0.3 is 15.2 Å². The molecule has 3 aromatic rings. The summed E-state index contributed by atoms with van der Waals surface area (Å²) >= 11 is 0. The fourth-order valence-corrected chi connectivity index (χ4v) is 2.36. The van der Waals surface area contributed by atoms with Crippen LogP contribution in [0, 0.1) is 0 Å². The summed E-state index contributed by atoms with van der Waals surface area (Å²) in [6.07, 6.45) is 5.55. The van der Waals surface area contributed by atoms with Gasteiger partial charge in [0.25, 0.3) is 0 Å². The lowest BCUT2D eigenvalue weighted by molar-refractivity contribution is -0.142. The lowest BCUT2D eigenvalue weighted by Crippen LogP contribution is -2.33. The van der Waals surface area contributed by atoms with Crippen molar-refractivity contribution in [1.82, 2.24) is 9.97 Å². The van der Waals surface area contributed by atoms with Gasteiger partial charge in [-0.2, -0.15) is 0 Å².